The first-order valence-electron chi connectivity index (χ1n) is 8.88. The van der Waals surface area contributed by atoms with Crippen LogP contribution >= 0.6 is 0 Å². The van der Waals surface area contributed by atoms with Gasteiger partial charge < -0.3 is 10.1 Å². The molecule has 3 amide bonds. The molecule has 148 valence electrons. The molecule has 2 aliphatic heterocycles. The second-order valence-electron chi connectivity index (χ2n) is 7.16. The highest BCUT2D eigenvalue weighted by Gasteiger charge is 2.48. The van der Waals surface area contributed by atoms with Gasteiger partial charge in [-0.3, -0.25) is 24.1 Å². The van der Waals surface area contributed by atoms with Crippen LogP contribution in [0.1, 0.15) is 26.2 Å². The molecule has 27 heavy (non-hydrogen) atoms. The number of imide groups is 1. The van der Waals surface area contributed by atoms with E-state index in [0.717, 1.165) is 4.90 Å². The largest absolute Gasteiger partial charge is 0.451 e. The smallest absolute Gasteiger partial charge is 0.326 e. The molecule has 0 aromatic heterocycles. The Kier molecular flexibility index (Phi) is 5.36. The molecule has 9 nitrogen and oxygen atoms in total. The van der Waals surface area contributed by atoms with Crippen LogP contribution in [0.3, 0.4) is 0 Å². The van der Waals surface area contributed by atoms with Crippen LogP contribution in [0.4, 0.5) is 0 Å². The predicted molar refractivity (Wildman–Crippen MR) is 92.8 cm³/mol. The van der Waals surface area contributed by atoms with E-state index in [-0.39, 0.29) is 23.3 Å². The molecule has 10 heteroatoms. The lowest BCUT2D eigenvalue weighted by molar-refractivity contribution is -0.159. The lowest BCUT2D eigenvalue weighted by Gasteiger charge is -2.18. The Bertz CT molecular complexity index is 778. The summed E-state index contributed by atoms with van der Waals surface area (Å²) < 4.78 is 27.9. The predicted octanol–water partition coefficient (Wildman–Crippen LogP) is -0.827. The fourth-order valence-electron chi connectivity index (χ4n) is 3.67. The molecule has 0 bridgehead atoms. The van der Waals surface area contributed by atoms with Crippen molar-refractivity contribution in [2.75, 3.05) is 18.1 Å². The molecule has 0 aromatic carbocycles. The average Bonchev–Trinajstić information content (AvgIpc) is 3.07. The standard InChI is InChI=1S/C17H22N2O7S/c1-10(15(21)18-11-6-7-27(24,25)9-11)26-14(20)8-19-16(22)12-4-2-3-5-13(12)17(19)23/h2-3,10-13H,4-9H2,1H3,(H,18,21)/t10-,11-,12-,13+/m0/s1. The summed E-state index contributed by atoms with van der Waals surface area (Å²) in [6.45, 7) is 0.827. The van der Waals surface area contributed by atoms with Crippen LogP contribution in [0.2, 0.25) is 0 Å². The minimum absolute atomic E-state index is 0.0164. The topological polar surface area (TPSA) is 127 Å². The maximum absolute atomic E-state index is 12.3. The number of nitrogens with zero attached hydrogens (tertiary/aromatic N) is 1. The molecule has 0 aromatic rings. The number of hydrogen-bond acceptors (Lipinski definition) is 7. The molecule has 1 N–H and O–H groups in total. The Morgan fingerprint density at radius 1 is 1.22 bits per heavy atom. The minimum Gasteiger partial charge on any atom is -0.451 e. The number of rotatable bonds is 5. The summed E-state index contributed by atoms with van der Waals surface area (Å²) in [5.74, 6) is -3.22. The highest BCUT2D eigenvalue weighted by atomic mass is 32.2. The summed E-state index contributed by atoms with van der Waals surface area (Å²) in [6, 6.07) is -0.499. The number of fused-ring (bicyclic) bond motifs is 1. The first-order valence-corrected chi connectivity index (χ1v) is 10.7. The second kappa shape index (κ2) is 7.41. The molecular weight excluding hydrogens is 376 g/mol. The number of sulfone groups is 1. The van der Waals surface area contributed by atoms with Crippen LogP contribution in [0.5, 0.6) is 0 Å². The van der Waals surface area contributed by atoms with E-state index in [2.05, 4.69) is 5.32 Å². The van der Waals surface area contributed by atoms with E-state index in [1.807, 2.05) is 12.2 Å². The fraction of sp³-hybridized carbons (Fsp3) is 0.647. The molecule has 2 heterocycles. The molecule has 1 aliphatic carbocycles. The third kappa shape index (κ3) is 4.20. The number of carbonyl (C=O) groups is 4. The van der Waals surface area contributed by atoms with Crippen LogP contribution in [-0.2, 0) is 33.8 Å². The van der Waals surface area contributed by atoms with E-state index in [9.17, 15) is 27.6 Å². The lowest BCUT2D eigenvalue weighted by atomic mass is 9.85. The second-order valence-corrected chi connectivity index (χ2v) is 9.39. The minimum atomic E-state index is -3.14. The van der Waals surface area contributed by atoms with Crippen molar-refractivity contribution in [1.82, 2.24) is 10.2 Å². The number of carbonyl (C=O) groups excluding carboxylic acids is 4. The van der Waals surface area contributed by atoms with E-state index in [1.54, 1.807) is 0 Å². The molecule has 0 radical (unpaired) electrons. The van der Waals surface area contributed by atoms with Gasteiger partial charge in [0.25, 0.3) is 5.91 Å². The van der Waals surface area contributed by atoms with Crippen LogP contribution in [0.15, 0.2) is 12.2 Å². The quantitative estimate of drug-likeness (QED) is 0.364. The highest BCUT2D eigenvalue weighted by molar-refractivity contribution is 7.91. The van der Waals surface area contributed by atoms with Gasteiger partial charge in [-0.1, -0.05) is 12.2 Å². The Morgan fingerprint density at radius 2 is 1.81 bits per heavy atom. The van der Waals surface area contributed by atoms with Gasteiger partial charge in [-0.05, 0) is 26.2 Å². The van der Waals surface area contributed by atoms with E-state index in [4.69, 9.17) is 4.74 Å². The van der Waals surface area contributed by atoms with Crippen LogP contribution in [0.25, 0.3) is 0 Å². The Balaban J connectivity index is 1.51. The molecule has 0 spiro atoms. The summed E-state index contributed by atoms with van der Waals surface area (Å²) >= 11 is 0. The van der Waals surface area contributed by atoms with Crippen molar-refractivity contribution < 1.29 is 32.3 Å². The maximum Gasteiger partial charge on any atom is 0.326 e. The van der Waals surface area contributed by atoms with Crippen molar-refractivity contribution in [2.45, 2.75) is 38.3 Å². The Hall–Kier alpha value is -2.23. The number of amides is 3. The van der Waals surface area contributed by atoms with Crippen molar-refractivity contribution in [2.24, 2.45) is 11.8 Å². The molecule has 2 fully saturated rings. The molecule has 2 saturated heterocycles. The summed E-state index contributed by atoms with van der Waals surface area (Å²) in [6.07, 6.45) is 3.82. The van der Waals surface area contributed by atoms with Crippen LogP contribution in [0, 0.1) is 11.8 Å². The number of hydrogen-bond donors (Lipinski definition) is 1. The van der Waals surface area contributed by atoms with Crippen molar-refractivity contribution >= 4 is 33.5 Å². The lowest BCUT2D eigenvalue weighted by Crippen LogP contribution is -2.44. The van der Waals surface area contributed by atoms with Gasteiger partial charge in [-0.15, -0.1) is 0 Å². The van der Waals surface area contributed by atoms with Gasteiger partial charge in [0.1, 0.15) is 6.54 Å². The van der Waals surface area contributed by atoms with Crippen molar-refractivity contribution in [3.63, 3.8) is 0 Å². The number of likely N-dealkylation sites (tertiary alicyclic amines) is 1. The fourth-order valence-corrected chi connectivity index (χ4v) is 5.34. The summed E-state index contributed by atoms with van der Waals surface area (Å²) in [5, 5.41) is 2.54. The first kappa shape index (κ1) is 19.5. The first-order chi connectivity index (χ1) is 12.7. The van der Waals surface area contributed by atoms with Gasteiger partial charge in [0.05, 0.1) is 23.3 Å². The third-order valence-electron chi connectivity index (χ3n) is 5.14. The van der Waals surface area contributed by atoms with Crippen LogP contribution in [-0.4, -0.2) is 67.2 Å². The normalized spacial score (nSPS) is 30.1. The molecule has 3 aliphatic rings. The Labute approximate surface area is 157 Å². The molecular formula is C17H22N2O7S. The van der Waals surface area contributed by atoms with Crippen molar-refractivity contribution in [3.05, 3.63) is 12.2 Å². The number of esters is 1. The number of nitrogens with one attached hydrogen (secondary N) is 1. The van der Waals surface area contributed by atoms with Gasteiger partial charge in [0, 0.05) is 6.04 Å². The average molecular weight is 398 g/mol. The van der Waals surface area contributed by atoms with E-state index in [0.29, 0.717) is 19.3 Å². The molecule has 4 atom stereocenters. The van der Waals surface area contributed by atoms with Gasteiger partial charge in [-0.25, -0.2) is 8.42 Å². The van der Waals surface area contributed by atoms with Gasteiger partial charge in [-0.2, -0.15) is 0 Å². The van der Waals surface area contributed by atoms with E-state index >= 15 is 0 Å². The maximum atomic E-state index is 12.3. The number of ether oxygens (including phenoxy) is 1. The van der Waals surface area contributed by atoms with E-state index < -0.39 is 52.2 Å². The molecule has 0 unspecified atom stereocenters. The Morgan fingerprint density at radius 3 is 2.33 bits per heavy atom. The zero-order chi connectivity index (χ0) is 19.8. The van der Waals surface area contributed by atoms with Gasteiger partial charge in [0.2, 0.25) is 11.8 Å². The van der Waals surface area contributed by atoms with E-state index in [1.165, 1.54) is 6.92 Å². The summed E-state index contributed by atoms with van der Waals surface area (Å²) in [4.78, 5) is 49.7. The third-order valence-corrected chi connectivity index (χ3v) is 6.91. The SMILES string of the molecule is C[C@H](OC(=O)CN1C(=O)[C@H]2CC=CC[C@H]2C1=O)C(=O)N[C@H]1CCS(=O)(=O)C1. The molecule has 0 saturated carbocycles. The zero-order valence-electron chi connectivity index (χ0n) is 14.9. The molecule has 3 rings (SSSR count). The van der Waals surface area contributed by atoms with Crippen molar-refractivity contribution in [1.29, 1.82) is 0 Å². The summed E-state index contributed by atoms with van der Waals surface area (Å²) in [7, 11) is -3.14. The van der Waals surface area contributed by atoms with Gasteiger partial charge in [0.15, 0.2) is 15.9 Å². The van der Waals surface area contributed by atoms with Gasteiger partial charge >= 0.3 is 5.97 Å². The van der Waals surface area contributed by atoms with Crippen LogP contribution < -0.4 is 5.32 Å². The summed E-state index contributed by atoms with van der Waals surface area (Å²) in [5.41, 5.74) is 0. The van der Waals surface area contributed by atoms with Crippen molar-refractivity contribution in [3.8, 4) is 0 Å². The zero-order valence-corrected chi connectivity index (χ0v) is 15.7. The number of allylic oxidation sites excluding steroid dienone is 2. The highest BCUT2D eigenvalue weighted by Crippen LogP contribution is 2.34. The monoisotopic (exact) mass is 398 g/mol.